The maximum atomic E-state index is 10.9. The second kappa shape index (κ2) is 5.37. The molecule has 0 amide bonds. The highest BCUT2D eigenvalue weighted by Gasteiger charge is 2.21. The first-order chi connectivity index (χ1) is 10.1. The largest absolute Gasteiger partial charge is 0.478 e. The van der Waals surface area contributed by atoms with Crippen molar-refractivity contribution >= 4 is 5.97 Å². The molecule has 110 valence electrons. The van der Waals surface area contributed by atoms with Crippen LogP contribution in [0.4, 0.5) is 0 Å². The molecule has 2 aromatic rings. The Bertz CT molecular complexity index is 656. The van der Waals surface area contributed by atoms with Gasteiger partial charge in [0.15, 0.2) is 0 Å². The molecule has 0 fully saturated rings. The van der Waals surface area contributed by atoms with Crippen LogP contribution in [0.1, 0.15) is 35.5 Å². The summed E-state index contributed by atoms with van der Waals surface area (Å²) in [5.41, 5.74) is 4.07. The Morgan fingerprint density at radius 1 is 1.19 bits per heavy atom. The van der Waals surface area contributed by atoms with Gasteiger partial charge in [0.1, 0.15) is 0 Å². The van der Waals surface area contributed by atoms with Gasteiger partial charge in [-0.05, 0) is 49.7 Å². The Labute approximate surface area is 124 Å². The molecule has 0 unspecified atom stereocenters. The highest BCUT2D eigenvalue weighted by atomic mass is 16.4. The lowest BCUT2D eigenvalue weighted by Gasteiger charge is -2.31. The number of carboxylic acid groups (broad SMARTS) is 1. The van der Waals surface area contributed by atoms with E-state index in [0.29, 0.717) is 11.6 Å². The van der Waals surface area contributed by atoms with Crippen LogP contribution in [0, 0.1) is 0 Å². The van der Waals surface area contributed by atoms with Crippen molar-refractivity contribution in [1.82, 2.24) is 9.47 Å². The predicted octanol–water partition coefficient (Wildman–Crippen LogP) is 2.94. The summed E-state index contributed by atoms with van der Waals surface area (Å²) in [6.07, 6.45) is 3.12. The Kier molecular flexibility index (Phi) is 3.55. The Morgan fingerprint density at radius 2 is 1.90 bits per heavy atom. The van der Waals surface area contributed by atoms with E-state index in [4.69, 9.17) is 5.11 Å². The van der Waals surface area contributed by atoms with Crippen molar-refractivity contribution in [3.63, 3.8) is 0 Å². The zero-order valence-corrected chi connectivity index (χ0v) is 12.4. The van der Waals surface area contributed by atoms with Gasteiger partial charge in [0.2, 0.25) is 0 Å². The molecule has 1 aliphatic heterocycles. The fraction of sp³-hybridized carbons (Fsp3) is 0.353. The van der Waals surface area contributed by atoms with Crippen molar-refractivity contribution in [2.24, 2.45) is 0 Å². The SMILES string of the molecule is CC(C)N1CCc2c(ccn2-c2ccc(C(=O)O)cc2)C1. The Balaban J connectivity index is 1.90. The third-order valence-corrected chi connectivity index (χ3v) is 4.22. The number of nitrogens with zero attached hydrogens (tertiary/aromatic N) is 2. The van der Waals surface area contributed by atoms with Crippen molar-refractivity contribution in [1.29, 1.82) is 0 Å². The van der Waals surface area contributed by atoms with E-state index >= 15 is 0 Å². The molecular weight excluding hydrogens is 264 g/mol. The van der Waals surface area contributed by atoms with Crippen LogP contribution in [0.15, 0.2) is 36.5 Å². The molecule has 0 saturated carbocycles. The molecule has 0 aliphatic carbocycles. The maximum absolute atomic E-state index is 10.9. The van der Waals surface area contributed by atoms with Crippen molar-refractivity contribution in [3.05, 3.63) is 53.3 Å². The summed E-state index contributed by atoms with van der Waals surface area (Å²) in [5, 5.41) is 8.97. The summed E-state index contributed by atoms with van der Waals surface area (Å²) in [6.45, 7) is 6.52. The van der Waals surface area contributed by atoms with Crippen LogP contribution < -0.4 is 0 Å². The van der Waals surface area contributed by atoms with Gasteiger partial charge in [-0.2, -0.15) is 0 Å². The van der Waals surface area contributed by atoms with Crippen molar-refractivity contribution < 1.29 is 9.90 Å². The Morgan fingerprint density at radius 3 is 2.52 bits per heavy atom. The van der Waals surface area contributed by atoms with Gasteiger partial charge in [-0.15, -0.1) is 0 Å². The van der Waals surface area contributed by atoms with Gasteiger partial charge in [0.05, 0.1) is 5.56 Å². The van der Waals surface area contributed by atoms with Crippen LogP contribution in [0.2, 0.25) is 0 Å². The second-order valence-corrected chi connectivity index (χ2v) is 5.82. The normalized spacial score (nSPS) is 15.2. The van der Waals surface area contributed by atoms with E-state index in [2.05, 4.69) is 35.6 Å². The standard InChI is InChI=1S/C17H20N2O2/c1-12(2)18-9-8-16-14(11-18)7-10-19(16)15-5-3-13(4-6-15)17(20)21/h3-7,10,12H,8-9,11H2,1-2H3,(H,20,21). The number of aromatic nitrogens is 1. The lowest BCUT2D eigenvalue weighted by Crippen LogP contribution is -2.36. The summed E-state index contributed by atoms with van der Waals surface area (Å²) in [6, 6.07) is 9.81. The zero-order chi connectivity index (χ0) is 15.0. The van der Waals surface area contributed by atoms with Gasteiger partial charge in [0.25, 0.3) is 0 Å². The molecule has 1 aromatic carbocycles. The first-order valence-corrected chi connectivity index (χ1v) is 7.33. The molecule has 0 radical (unpaired) electrons. The second-order valence-electron chi connectivity index (χ2n) is 5.82. The van der Waals surface area contributed by atoms with Crippen molar-refractivity contribution in [2.45, 2.75) is 32.9 Å². The molecule has 1 N–H and O–H groups in total. The first kappa shape index (κ1) is 13.9. The summed E-state index contributed by atoms with van der Waals surface area (Å²) in [5.74, 6) is -0.885. The molecule has 1 aromatic heterocycles. The molecule has 0 bridgehead atoms. The third kappa shape index (κ3) is 2.59. The highest BCUT2D eigenvalue weighted by Crippen LogP contribution is 2.24. The first-order valence-electron chi connectivity index (χ1n) is 7.33. The number of hydrogen-bond donors (Lipinski definition) is 1. The average molecular weight is 284 g/mol. The molecule has 4 nitrogen and oxygen atoms in total. The lowest BCUT2D eigenvalue weighted by atomic mass is 10.1. The molecule has 0 saturated heterocycles. The average Bonchev–Trinajstić information content (AvgIpc) is 2.90. The fourth-order valence-corrected chi connectivity index (χ4v) is 2.93. The summed E-state index contributed by atoms with van der Waals surface area (Å²) in [7, 11) is 0. The van der Waals surface area contributed by atoms with Crippen molar-refractivity contribution in [2.75, 3.05) is 6.54 Å². The monoisotopic (exact) mass is 284 g/mol. The van der Waals surface area contributed by atoms with Crippen LogP contribution >= 0.6 is 0 Å². The molecule has 0 spiro atoms. The van der Waals surface area contributed by atoms with Crippen LogP contribution in [0.5, 0.6) is 0 Å². The number of carbonyl (C=O) groups is 1. The van der Waals surface area contributed by atoms with Crippen LogP contribution in [0.25, 0.3) is 5.69 Å². The van der Waals surface area contributed by atoms with E-state index in [0.717, 1.165) is 25.2 Å². The summed E-state index contributed by atoms with van der Waals surface area (Å²) >= 11 is 0. The van der Waals surface area contributed by atoms with Gasteiger partial charge < -0.3 is 9.67 Å². The van der Waals surface area contributed by atoms with Gasteiger partial charge >= 0.3 is 5.97 Å². The van der Waals surface area contributed by atoms with E-state index in [-0.39, 0.29) is 0 Å². The molecule has 3 rings (SSSR count). The fourth-order valence-electron chi connectivity index (χ4n) is 2.93. The lowest BCUT2D eigenvalue weighted by molar-refractivity contribution is 0.0697. The number of benzene rings is 1. The van der Waals surface area contributed by atoms with Gasteiger partial charge in [0, 0.05) is 43.1 Å². The minimum atomic E-state index is -0.885. The molecule has 1 aliphatic rings. The topological polar surface area (TPSA) is 45.5 Å². The molecule has 4 heteroatoms. The van der Waals surface area contributed by atoms with Crippen LogP contribution in [0.3, 0.4) is 0 Å². The minimum absolute atomic E-state index is 0.325. The molecular formula is C17H20N2O2. The van der Waals surface area contributed by atoms with E-state index in [9.17, 15) is 4.79 Å². The van der Waals surface area contributed by atoms with E-state index < -0.39 is 5.97 Å². The smallest absolute Gasteiger partial charge is 0.335 e. The van der Waals surface area contributed by atoms with E-state index in [1.54, 1.807) is 12.1 Å². The highest BCUT2D eigenvalue weighted by molar-refractivity contribution is 5.87. The van der Waals surface area contributed by atoms with Crippen LogP contribution in [-0.2, 0) is 13.0 Å². The maximum Gasteiger partial charge on any atom is 0.335 e. The Hall–Kier alpha value is -2.07. The van der Waals surface area contributed by atoms with Gasteiger partial charge in [-0.25, -0.2) is 4.79 Å². The number of carboxylic acids is 1. The quantitative estimate of drug-likeness (QED) is 0.942. The number of rotatable bonds is 3. The van der Waals surface area contributed by atoms with E-state index in [1.807, 2.05) is 12.1 Å². The predicted molar refractivity (Wildman–Crippen MR) is 82.0 cm³/mol. The molecule has 0 atom stereocenters. The number of fused-ring (bicyclic) bond motifs is 1. The van der Waals surface area contributed by atoms with E-state index in [1.165, 1.54) is 11.3 Å². The van der Waals surface area contributed by atoms with Gasteiger partial charge in [-0.3, -0.25) is 4.90 Å². The zero-order valence-electron chi connectivity index (χ0n) is 12.4. The van der Waals surface area contributed by atoms with Crippen molar-refractivity contribution in [3.8, 4) is 5.69 Å². The molecule has 21 heavy (non-hydrogen) atoms. The van der Waals surface area contributed by atoms with Gasteiger partial charge in [-0.1, -0.05) is 0 Å². The third-order valence-electron chi connectivity index (χ3n) is 4.22. The minimum Gasteiger partial charge on any atom is -0.478 e. The summed E-state index contributed by atoms with van der Waals surface area (Å²) in [4.78, 5) is 13.4. The number of hydrogen-bond acceptors (Lipinski definition) is 2. The summed E-state index contributed by atoms with van der Waals surface area (Å²) < 4.78 is 2.18. The van der Waals surface area contributed by atoms with Crippen LogP contribution in [-0.4, -0.2) is 33.1 Å². The molecule has 2 heterocycles. The number of aromatic carboxylic acids is 1.